The highest BCUT2D eigenvalue weighted by molar-refractivity contribution is 7.89. The Kier molecular flexibility index (Phi) is 4.52. The van der Waals surface area contributed by atoms with Crippen molar-refractivity contribution >= 4 is 15.5 Å². The van der Waals surface area contributed by atoms with Gasteiger partial charge in [-0.25, -0.2) is 17.7 Å². The Morgan fingerprint density at radius 3 is 2.92 bits per heavy atom. The van der Waals surface area contributed by atoms with Crippen LogP contribution < -0.4 is 4.72 Å². The minimum atomic E-state index is -3.55. The van der Waals surface area contributed by atoms with Crippen LogP contribution in [-0.4, -0.2) is 37.3 Å². The predicted octanol–water partition coefficient (Wildman–Crippen LogP) is 2.77. The fourth-order valence-electron chi connectivity index (χ4n) is 3.34. The third kappa shape index (κ3) is 3.25. The normalized spacial score (nSPS) is 17.8. The van der Waals surface area contributed by atoms with Crippen LogP contribution in [0.25, 0.3) is 16.8 Å². The summed E-state index contributed by atoms with van der Waals surface area (Å²) in [6.07, 6.45) is 3.61. The van der Waals surface area contributed by atoms with Crippen LogP contribution >= 0.6 is 0 Å². The van der Waals surface area contributed by atoms with E-state index in [9.17, 15) is 8.42 Å². The Balaban J connectivity index is 1.62. The number of nitrogens with one attached hydrogen (secondary N) is 1. The molecule has 3 heterocycles. The molecule has 1 aromatic carbocycles. The van der Waals surface area contributed by atoms with E-state index >= 15 is 0 Å². The highest BCUT2D eigenvalue weighted by atomic mass is 32.2. The molecule has 1 unspecified atom stereocenters. The van der Waals surface area contributed by atoms with Gasteiger partial charge in [0, 0.05) is 18.7 Å². The van der Waals surface area contributed by atoms with Gasteiger partial charge in [-0.15, -0.1) is 0 Å². The molecule has 0 bridgehead atoms. The average molecular weight is 371 g/mol. The van der Waals surface area contributed by atoms with Gasteiger partial charge in [-0.1, -0.05) is 12.1 Å². The van der Waals surface area contributed by atoms with Crippen LogP contribution in [0.2, 0.25) is 0 Å². The topological polar surface area (TPSA) is 72.7 Å². The number of aromatic nitrogens is 2. The molecule has 1 atom stereocenters. The molecule has 1 fully saturated rings. The van der Waals surface area contributed by atoms with Gasteiger partial charge in [-0.05, 0) is 55.7 Å². The highest BCUT2D eigenvalue weighted by Crippen LogP contribution is 2.26. The molecule has 26 heavy (non-hydrogen) atoms. The molecule has 1 aliphatic rings. The first kappa shape index (κ1) is 17.2. The Morgan fingerprint density at radius 1 is 1.27 bits per heavy atom. The van der Waals surface area contributed by atoms with Crippen molar-refractivity contribution in [2.24, 2.45) is 0 Å². The Morgan fingerprint density at radius 2 is 2.15 bits per heavy atom. The van der Waals surface area contributed by atoms with Crippen molar-refractivity contribution in [3.05, 3.63) is 54.2 Å². The molecule has 7 heteroatoms. The quantitative estimate of drug-likeness (QED) is 0.748. The molecule has 2 aromatic heterocycles. The number of sulfonamides is 1. The molecule has 1 aliphatic heterocycles. The van der Waals surface area contributed by atoms with Crippen LogP contribution in [0.3, 0.4) is 0 Å². The van der Waals surface area contributed by atoms with Gasteiger partial charge in [0.2, 0.25) is 10.0 Å². The second-order valence-electron chi connectivity index (χ2n) is 6.54. The predicted molar refractivity (Wildman–Crippen MR) is 99.5 cm³/mol. The van der Waals surface area contributed by atoms with Crippen molar-refractivity contribution in [2.45, 2.75) is 30.8 Å². The van der Waals surface area contributed by atoms with E-state index in [4.69, 9.17) is 4.74 Å². The lowest BCUT2D eigenvalue weighted by Gasteiger charge is -2.13. The SMILES string of the molecule is Cc1cc(S(=O)(=O)NCC2CCCO2)ccc1-c1cccc2ccnn12. The highest BCUT2D eigenvalue weighted by Gasteiger charge is 2.21. The molecule has 0 aliphatic carbocycles. The monoisotopic (exact) mass is 371 g/mol. The molecule has 6 nitrogen and oxygen atoms in total. The summed E-state index contributed by atoms with van der Waals surface area (Å²) in [5, 5.41) is 4.35. The first-order valence-electron chi connectivity index (χ1n) is 8.70. The second kappa shape index (κ2) is 6.83. The van der Waals surface area contributed by atoms with E-state index in [2.05, 4.69) is 9.82 Å². The third-order valence-corrected chi connectivity index (χ3v) is 6.15. The maximum atomic E-state index is 12.6. The summed E-state index contributed by atoms with van der Waals surface area (Å²) >= 11 is 0. The second-order valence-corrected chi connectivity index (χ2v) is 8.31. The van der Waals surface area contributed by atoms with Crippen molar-refractivity contribution in [3.8, 4) is 11.3 Å². The molecule has 0 amide bonds. The van der Waals surface area contributed by atoms with Crippen molar-refractivity contribution in [1.82, 2.24) is 14.3 Å². The van der Waals surface area contributed by atoms with Crippen LogP contribution in [0, 0.1) is 6.92 Å². The van der Waals surface area contributed by atoms with Crippen molar-refractivity contribution < 1.29 is 13.2 Å². The molecule has 136 valence electrons. The molecule has 1 N–H and O–H groups in total. The van der Waals surface area contributed by atoms with E-state index in [1.54, 1.807) is 18.3 Å². The smallest absolute Gasteiger partial charge is 0.240 e. The lowest BCUT2D eigenvalue weighted by molar-refractivity contribution is 0.114. The third-order valence-electron chi connectivity index (χ3n) is 4.73. The van der Waals surface area contributed by atoms with Gasteiger partial charge in [-0.2, -0.15) is 5.10 Å². The van der Waals surface area contributed by atoms with Crippen molar-refractivity contribution in [1.29, 1.82) is 0 Å². The summed E-state index contributed by atoms with van der Waals surface area (Å²) in [5.41, 5.74) is 3.77. The number of ether oxygens (including phenoxy) is 1. The summed E-state index contributed by atoms with van der Waals surface area (Å²) in [5.74, 6) is 0. The van der Waals surface area contributed by atoms with Gasteiger partial charge in [-0.3, -0.25) is 0 Å². The number of pyridine rings is 1. The Bertz CT molecular complexity index is 1040. The first-order chi connectivity index (χ1) is 12.5. The molecule has 0 radical (unpaired) electrons. The van der Waals surface area contributed by atoms with Gasteiger partial charge in [0.25, 0.3) is 0 Å². The number of rotatable bonds is 5. The van der Waals surface area contributed by atoms with Gasteiger partial charge >= 0.3 is 0 Å². The van der Waals surface area contributed by atoms with E-state index < -0.39 is 10.0 Å². The van der Waals surface area contributed by atoms with Crippen LogP contribution in [0.4, 0.5) is 0 Å². The summed E-state index contributed by atoms with van der Waals surface area (Å²) in [6, 6.07) is 13.1. The molecule has 1 saturated heterocycles. The van der Waals surface area contributed by atoms with E-state index in [0.29, 0.717) is 13.2 Å². The molecule has 0 saturated carbocycles. The maximum absolute atomic E-state index is 12.6. The number of fused-ring (bicyclic) bond motifs is 1. The van der Waals surface area contributed by atoms with Crippen molar-refractivity contribution in [2.75, 3.05) is 13.2 Å². The Labute approximate surface area is 152 Å². The molecule has 0 spiro atoms. The summed E-state index contributed by atoms with van der Waals surface area (Å²) in [7, 11) is -3.55. The number of hydrogen-bond donors (Lipinski definition) is 1. The lowest BCUT2D eigenvalue weighted by Crippen LogP contribution is -2.31. The molecular formula is C19H21N3O3S. The zero-order valence-electron chi connectivity index (χ0n) is 14.6. The summed E-state index contributed by atoms with van der Waals surface area (Å²) in [6.45, 7) is 2.94. The van der Waals surface area contributed by atoms with Crippen LogP contribution in [0.5, 0.6) is 0 Å². The maximum Gasteiger partial charge on any atom is 0.240 e. The number of benzene rings is 1. The largest absolute Gasteiger partial charge is 0.377 e. The van der Waals surface area contributed by atoms with E-state index in [1.807, 2.05) is 41.8 Å². The zero-order chi connectivity index (χ0) is 18.1. The number of hydrogen-bond acceptors (Lipinski definition) is 4. The first-order valence-corrected chi connectivity index (χ1v) is 10.2. The fourth-order valence-corrected chi connectivity index (χ4v) is 4.49. The minimum absolute atomic E-state index is 0.0254. The average Bonchev–Trinajstić information content (AvgIpc) is 3.31. The standard InChI is InChI=1S/C19H21N3O3S/c1-14-12-17(26(23,24)21-13-16-5-3-11-25-16)7-8-18(14)19-6-2-4-15-9-10-20-22(15)19/h2,4,6-10,12,16,21H,3,5,11,13H2,1H3. The van der Waals surface area contributed by atoms with Crippen LogP contribution in [0.15, 0.2) is 53.6 Å². The summed E-state index contributed by atoms with van der Waals surface area (Å²) in [4.78, 5) is 0.268. The van der Waals surface area contributed by atoms with Gasteiger partial charge in [0.15, 0.2) is 0 Å². The van der Waals surface area contributed by atoms with E-state index in [-0.39, 0.29) is 11.0 Å². The molecule has 3 aromatic rings. The van der Waals surface area contributed by atoms with Crippen molar-refractivity contribution in [3.63, 3.8) is 0 Å². The van der Waals surface area contributed by atoms with E-state index in [1.165, 1.54) is 0 Å². The lowest BCUT2D eigenvalue weighted by atomic mass is 10.1. The molecular weight excluding hydrogens is 350 g/mol. The Hall–Kier alpha value is -2.22. The van der Waals surface area contributed by atoms with Crippen LogP contribution in [0.1, 0.15) is 18.4 Å². The number of nitrogens with zero attached hydrogens (tertiary/aromatic N) is 2. The minimum Gasteiger partial charge on any atom is -0.377 e. The summed E-state index contributed by atoms with van der Waals surface area (Å²) < 4.78 is 35.1. The van der Waals surface area contributed by atoms with Gasteiger partial charge in [0.05, 0.1) is 28.4 Å². The number of aryl methyl sites for hydroxylation is 1. The van der Waals surface area contributed by atoms with Crippen LogP contribution in [-0.2, 0) is 14.8 Å². The van der Waals surface area contributed by atoms with E-state index in [0.717, 1.165) is 35.2 Å². The fraction of sp³-hybridized carbons (Fsp3) is 0.316. The van der Waals surface area contributed by atoms with Gasteiger partial charge in [0.1, 0.15) is 0 Å². The zero-order valence-corrected chi connectivity index (χ0v) is 15.4. The van der Waals surface area contributed by atoms with Gasteiger partial charge < -0.3 is 4.74 Å². The molecule has 4 rings (SSSR count).